The van der Waals surface area contributed by atoms with E-state index < -0.39 is 0 Å². The lowest BCUT2D eigenvalue weighted by atomic mass is 9.84. The maximum absolute atomic E-state index is 11.4. The van der Waals surface area contributed by atoms with Crippen LogP contribution in [0.15, 0.2) is 12.2 Å². The first-order chi connectivity index (χ1) is 5.69. The predicted molar refractivity (Wildman–Crippen MR) is 44.7 cm³/mol. The molecular formula is C9H13NO2. The monoisotopic (exact) mass is 167 g/mol. The minimum atomic E-state index is -0.314. The zero-order valence-electron chi connectivity index (χ0n) is 7.30. The van der Waals surface area contributed by atoms with Gasteiger partial charge in [-0.1, -0.05) is 12.2 Å². The largest absolute Gasteiger partial charge is 0.468 e. The van der Waals surface area contributed by atoms with Crippen molar-refractivity contribution in [3.05, 3.63) is 12.2 Å². The second-order valence-electron chi connectivity index (χ2n) is 3.62. The van der Waals surface area contributed by atoms with Crippen LogP contribution in [-0.4, -0.2) is 36.6 Å². The summed E-state index contributed by atoms with van der Waals surface area (Å²) < 4.78 is 4.79. The van der Waals surface area contributed by atoms with Crippen LogP contribution in [0.1, 0.15) is 12.8 Å². The molecule has 0 aromatic carbocycles. The second-order valence-corrected chi connectivity index (χ2v) is 3.62. The predicted octanol–water partition coefficient (Wildman–Crippen LogP) is 0.564. The van der Waals surface area contributed by atoms with Gasteiger partial charge in [0, 0.05) is 13.1 Å². The standard InChI is InChI=1S/C9H13NO2/c1-7-5-9(8(11)12-2)3-4-10(9)6-7/h1,3-6H2,2H3. The van der Waals surface area contributed by atoms with Crippen LogP contribution in [0.3, 0.4) is 0 Å². The first-order valence-electron chi connectivity index (χ1n) is 4.19. The van der Waals surface area contributed by atoms with Crippen molar-refractivity contribution >= 4 is 5.97 Å². The van der Waals surface area contributed by atoms with Crippen molar-refractivity contribution in [1.29, 1.82) is 0 Å². The molecule has 12 heavy (non-hydrogen) atoms. The fourth-order valence-electron chi connectivity index (χ4n) is 2.20. The van der Waals surface area contributed by atoms with E-state index >= 15 is 0 Å². The van der Waals surface area contributed by atoms with Crippen LogP contribution in [0.4, 0.5) is 0 Å². The molecule has 1 unspecified atom stereocenters. The molecule has 0 amide bonds. The van der Waals surface area contributed by atoms with E-state index in [0.717, 1.165) is 31.5 Å². The van der Waals surface area contributed by atoms with E-state index in [1.165, 1.54) is 7.11 Å². The fourth-order valence-corrected chi connectivity index (χ4v) is 2.20. The highest BCUT2D eigenvalue weighted by Gasteiger charge is 2.55. The van der Waals surface area contributed by atoms with Crippen LogP contribution in [0.2, 0.25) is 0 Å². The summed E-state index contributed by atoms with van der Waals surface area (Å²) in [6.07, 6.45) is 1.72. The Bertz CT molecular complexity index is 249. The minimum Gasteiger partial charge on any atom is -0.468 e. The molecule has 0 N–H and O–H groups in total. The highest BCUT2D eigenvalue weighted by Crippen LogP contribution is 2.43. The van der Waals surface area contributed by atoms with Crippen molar-refractivity contribution < 1.29 is 9.53 Å². The summed E-state index contributed by atoms with van der Waals surface area (Å²) in [6.45, 7) is 5.79. The van der Waals surface area contributed by atoms with Crippen molar-refractivity contribution in [2.75, 3.05) is 20.2 Å². The van der Waals surface area contributed by atoms with Gasteiger partial charge >= 0.3 is 5.97 Å². The lowest BCUT2D eigenvalue weighted by Gasteiger charge is -2.44. The van der Waals surface area contributed by atoms with E-state index in [1.807, 2.05) is 0 Å². The highest BCUT2D eigenvalue weighted by atomic mass is 16.5. The Morgan fingerprint density at radius 3 is 2.92 bits per heavy atom. The molecule has 0 saturated carbocycles. The molecule has 0 radical (unpaired) electrons. The highest BCUT2D eigenvalue weighted by molar-refractivity contribution is 5.83. The van der Waals surface area contributed by atoms with Crippen LogP contribution in [0, 0.1) is 0 Å². The van der Waals surface area contributed by atoms with Crippen molar-refractivity contribution in [3.63, 3.8) is 0 Å². The summed E-state index contributed by atoms with van der Waals surface area (Å²) in [5.74, 6) is -0.0904. The smallest absolute Gasteiger partial charge is 0.326 e. The quantitative estimate of drug-likeness (QED) is 0.422. The maximum atomic E-state index is 11.4. The number of esters is 1. The van der Waals surface area contributed by atoms with Crippen LogP contribution in [-0.2, 0) is 9.53 Å². The molecule has 0 spiro atoms. The summed E-state index contributed by atoms with van der Waals surface area (Å²) >= 11 is 0. The number of carbonyl (C=O) groups is 1. The van der Waals surface area contributed by atoms with Crippen molar-refractivity contribution in [2.24, 2.45) is 0 Å². The fraction of sp³-hybridized carbons (Fsp3) is 0.667. The second kappa shape index (κ2) is 2.33. The summed E-state index contributed by atoms with van der Waals surface area (Å²) in [6, 6.07) is 0. The lowest BCUT2D eigenvalue weighted by Crippen LogP contribution is -2.61. The average Bonchev–Trinajstić information content (AvgIpc) is 2.26. The third-order valence-electron chi connectivity index (χ3n) is 2.92. The number of methoxy groups -OCH3 is 1. The molecule has 3 nitrogen and oxygen atoms in total. The molecule has 66 valence electrons. The van der Waals surface area contributed by atoms with Gasteiger partial charge in [0.25, 0.3) is 0 Å². The molecule has 0 bridgehead atoms. The number of hydrogen-bond acceptors (Lipinski definition) is 3. The van der Waals surface area contributed by atoms with E-state index in [4.69, 9.17) is 4.74 Å². The number of hydrogen-bond donors (Lipinski definition) is 0. The molecule has 1 atom stereocenters. The summed E-state index contributed by atoms with van der Waals surface area (Å²) in [7, 11) is 1.45. The summed E-state index contributed by atoms with van der Waals surface area (Å²) in [5.41, 5.74) is 0.837. The van der Waals surface area contributed by atoms with Crippen LogP contribution >= 0.6 is 0 Å². The van der Waals surface area contributed by atoms with Gasteiger partial charge in [-0.15, -0.1) is 0 Å². The van der Waals surface area contributed by atoms with Gasteiger partial charge in [0.1, 0.15) is 5.54 Å². The SMILES string of the molecule is C=C1CN2CCC2(C(=O)OC)C1. The maximum Gasteiger partial charge on any atom is 0.326 e. The van der Waals surface area contributed by atoms with Gasteiger partial charge in [0.15, 0.2) is 0 Å². The number of carbonyl (C=O) groups excluding carboxylic acids is 1. The van der Waals surface area contributed by atoms with Crippen molar-refractivity contribution in [2.45, 2.75) is 18.4 Å². The number of ether oxygens (including phenoxy) is 1. The molecule has 3 heteroatoms. The first kappa shape index (κ1) is 7.80. The summed E-state index contributed by atoms with van der Waals surface area (Å²) in [4.78, 5) is 13.6. The Morgan fingerprint density at radius 1 is 1.75 bits per heavy atom. The number of nitrogens with zero attached hydrogens (tertiary/aromatic N) is 1. The molecule has 0 aliphatic carbocycles. The molecule has 2 rings (SSSR count). The molecule has 2 aliphatic rings. The van der Waals surface area contributed by atoms with Gasteiger partial charge in [0.2, 0.25) is 0 Å². The zero-order valence-corrected chi connectivity index (χ0v) is 7.30. The summed E-state index contributed by atoms with van der Waals surface area (Å²) in [5, 5.41) is 0. The molecule has 0 aromatic heterocycles. The third-order valence-corrected chi connectivity index (χ3v) is 2.92. The topological polar surface area (TPSA) is 29.5 Å². The normalized spacial score (nSPS) is 34.2. The number of fused-ring (bicyclic) bond motifs is 1. The zero-order chi connectivity index (χ0) is 8.77. The average molecular weight is 167 g/mol. The van der Waals surface area contributed by atoms with E-state index in [-0.39, 0.29) is 11.5 Å². The Morgan fingerprint density at radius 2 is 2.50 bits per heavy atom. The van der Waals surface area contributed by atoms with E-state index in [0.29, 0.717) is 0 Å². The van der Waals surface area contributed by atoms with E-state index in [9.17, 15) is 4.79 Å². The van der Waals surface area contributed by atoms with Crippen molar-refractivity contribution in [1.82, 2.24) is 4.90 Å². The van der Waals surface area contributed by atoms with Crippen LogP contribution in [0.5, 0.6) is 0 Å². The van der Waals surface area contributed by atoms with Gasteiger partial charge in [-0.05, 0) is 12.8 Å². The van der Waals surface area contributed by atoms with Gasteiger partial charge in [-0.3, -0.25) is 9.69 Å². The Balaban J connectivity index is 2.21. The van der Waals surface area contributed by atoms with Gasteiger partial charge in [-0.25, -0.2) is 0 Å². The number of rotatable bonds is 1. The molecule has 2 saturated heterocycles. The Kier molecular flexibility index (Phi) is 1.51. The van der Waals surface area contributed by atoms with Gasteiger partial charge in [-0.2, -0.15) is 0 Å². The van der Waals surface area contributed by atoms with Crippen LogP contribution in [0.25, 0.3) is 0 Å². The first-order valence-corrected chi connectivity index (χ1v) is 4.19. The molecule has 2 aliphatic heterocycles. The lowest BCUT2D eigenvalue weighted by molar-refractivity contribution is -0.161. The van der Waals surface area contributed by atoms with Crippen LogP contribution < -0.4 is 0 Å². The van der Waals surface area contributed by atoms with Crippen molar-refractivity contribution in [3.8, 4) is 0 Å². The van der Waals surface area contributed by atoms with E-state index in [1.54, 1.807) is 0 Å². The third kappa shape index (κ3) is 0.771. The minimum absolute atomic E-state index is 0.0904. The van der Waals surface area contributed by atoms with Gasteiger partial charge < -0.3 is 4.74 Å². The molecule has 2 heterocycles. The van der Waals surface area contributed by atoms with Gasteiger partial charge in [0.05, 0.1) is 7.11 Å². The Labute approximate surface area is 72.0 Å². The molecule has 2 fully saturated rings. The Hall–Kier alpha value is -0.830. The van der Waals surface area contributed by atoms with E-state index in [2.05, 4.69) is 11.5 Å². The molecular weight excluding hydrogens is 154 g/mol. The molecule has 0 aromatic rings.